The SMILES string of the molecule is Cc1cc(OCCCC(C)C)c(C(=O)O)s1. The minimum absolute atomic E-state index is 0.307. The van der Waals surface area contributed by atoms with Gasteiger partial charge in [0.05, 0.1) is 6.61 Å². The number of carboxylic acid groups (broad SMARTS) is 1. The van der Waals surface area contributed by atoms with Gasteiger partial charge in [-0.3, -0.25) is 0 Å². The van der Waals surface area contributed by atoms with Crippen LogP contribution >= 0.6 is 11.3 Å². The van der Waals surface area contributed by atoms with Gasteiger partial charge >= 0.3 is 5.97 Å². The van der Waals surface area contributed by atoms with Crippen molar-refractivity contribution in [3.8, 4) is 5.75 Å². The normalized spacial score (nSPS) is 10.8. The summed E-state index contributed by atoms with van der Waals surface area (Å²) in [6.07, 6.45) is 2.07. The third-order valence-corrected chi connectivity index (χ3v) is 3.22. The van der Waals surface area contributed by atoms with Crippen molar-refractivity contribution in [1.29, 1.82) is 0 Å². The van der Waals surface area contributed by atoms with Crippen molar-refractivity contribution in [1.82, 2.24) is 0 Å². The maximum Gasteiger partial charge on any atom is 0.349 e. The molecular weight excluding hydrogens is 224 g/mol. The van der Waals surface area contributed by atoms with Crippen LogP contribution in [0.3, 0.4) is 0 Å². The second-order valence-corrected chi connectivity index (χ2v) is 5.50. The molecule has 1 aromatic rings. The summed E-state index contributed by atoms with van der Waals surface area (Å²) >= 11 is 1.26. The fraction of sp³-hybridized carbons (Fsp3) is 0.583. The van der Waals surface area contributed by atoms with E-state index >= 15 is 0 Å². The zero-order valence-corrected chi connectivity index (χ0v) is 10.8. The monoisotopic (exact) mass is 242 g/mol. The molecule has 3 nitrogen and oxygen atoms in total. The molecule has 16 heavy (non-hydrogen) atoms. The van der Waals surface area contributed by atoms with Crippen molar-refractivity contribution in [2.75, 3.05) is 6.61 Å². The van der Waals surface area contributed by atoms with Crippen molar-refractivity contribution >= 4 is 17.3 Å². The molecule has 0 saturated carbocycles. The Morgan fingerprint density at radius 2 is 2.25 bits per heavy atom. The summed E-state index contributed by atoms with van der Waals surface area (Å²) in [6.45, 7) is 6.81. The highest BCUT2D eigenvalue weighted by Crippen LogP contribution is 2.29. The fourth-order valence-corrected chi connectivity index (χ4v) is 2.21. The lowest BCUT2D eigenvalue weighted by Gasteiger charge is -2.06. The number of ether oxygens (including phenoxy) is 1. The number of rotatable bonds is 6. The zero-order chi connectivity index (χ0) is 12.1. The van der Waals surface area contributed by atoms with Crippen LogP contribution in [0.15, 0.2) is 6.07 Å². The number of aromatic carboxylic acids is 1. The van der Waals surface area contributed by atoms with Crippen LogP contribution in [0.5, 0.6) is 5.75 Å². The Morgan fingerprint density at radius 1 is 1.56 bits per heavy atom. The summed E-state index contributed by atoms with van der Waals surface area (Å²) < 4.78 is 5.50. The van der Waals surface area contributed by atoms with Crippen LogP contribution in [-0.4, -0.2) is 17.7 Å². The van der Waals surface area contributed by atoms with Gasteiger partial charge in [0.1, 0.15) is 5.75 Å². The lowest BCUT2D eigenvalue weighted by atomic mass is 10.1. The largest absolute Gasteiger partial charge is 0.492 e. The van der Waals surface area contributed by atoms with Gasteiger partial charge in [0.2, 0.25) is 0 Å². The lowest BCUT2D eigenvalue weighted by Crippen LogP contribution is -2.02. The Morgan fingerprint density at radius 3 is 2.81 bits per heavy atom. The summed E-state index contributed by atoms with van der Waals surface area (Å²) in [7, 11) is 0. The first-order valence-corrected chi connectivity index (χ1v) is 6.29. The molecule has 0 aliphatic heterocycles. The predicted octanol–water partition coefficient (Wildman–Crippen LogP) is 3.57. The molecule has 0 radical (unpaired) electrons. The molecule has 0 spiro atoms. The van der Waals surface area contributed by atoms with Gasteiger partial charge in [-0.1, -0.05) is 13.8 Å². The number of carbonyl (C=O) groups is 1. The van der Waals surface area contributed by atoms with Crippen molar-refractivity contribution in [3.63, 3.8) is 0 Å². The van der Waals surface area contributed by atoms with Crippen LogP contribution in [0.4, 0.5) is 0 Å². The molecular formula is C12H18O3S. The maximum atomic E-state index is 10.9. The van der Waals surface area contributed by atoms with Gasteiger partial charge in [-0.25, -0.2) is 4.79 Å². The first-order chi connectivity index (χ1) is 7.50. The Hall–Kier alpha value is -1.03. The van der Waals surface area contributed by atoms with Crippen molar-refractivity contribution in [2.24, 2.45) is 5.92 Å². The first kappa shape index (κ1) is 13.0. The van der Waals surface area contributed by atoms with Crippen LogP contribution in [0.2, 0.25) is 0 Å². The van der Waals surface area contributed by atoms with Gasteiger partial charge < -0.3 is 9.84 Å². The second-order valence-electron chi connectivity index (χ2n) is 4.24. The lowest BCUT2D eigenvalue weighted by molar-refractivity contribution is 0.0698. The van der Waals surface area contributed by atoms with E-state index in [1.165, 1.54) is 11.3 Å². The van der Waals surface area contributed by atoms with Gasteiger partial charge in [0.25, 0.3) is 0 Å². The van der Waals surface area contributed by atoms with E-state index in [2.05, 4.69) is 13.8 Å². The number of hydrogen-bond acceptors (Lipinski definition) is 3. The van der Waals surface area contributed by atoms with Crippen LogP contribution in [0, 0.1) is 12.8 Å². The van der Waals surface area contributed by atoms with E-state index in [9.17, 15) is 4.79 Å². The topological polar surface area (TPSA) is 46.5 Å². The van der Waals surface area contributed by atoms with E-state index in [1.54, 1.807) is 6.07 Å². The Balaban J connectivity index is 2.50. The van der Waals surface area contributed by atoms with Crippen LogP contribution < -0.4 is 4.74 Å². The van der Waals surface area contributed by atoms with Crippen LogP contribution in [-0.2, 0) is 0 Å². The molecule has 1 aromatic heterocycles. The molecule has 0 aromatic carbocycles. The van der Waals surface area contributed by atoms with Gasteiger partial charge in [-0.05, 0) is 31.7 Å². The molecule has 0 atom stereocenters. The molecule has 0 aliphatic carbocycles. The Kier molecular flexibility index (Phi) is 4.80. The summed E-state index contributed by atoms with van der Waals surface area (Å²) in [5.74, 6) is 0.266. The number of carboxylic acids is 1. The van der Waals surface area contributed by atoms with Gasteiger partial charge in [-0.15, -0.1) is 11.3 Å². The molecule has 0 saturated heterocycles. The van der Waals surface area contributed by atoms with E-state index < -0.39 is 5.97 Å². The van der Waals surface area contributed by atoms with E-state index in [1.807, 2.05) is 6.92 Å². The summed E-state index contributed by atoms with van der Waals surface area (Å²) in [6, 6.07) is 1.80. The molecule has 0 amide bonds. The molecule has 1 heterocycles. The van der Waals surface area contributed by atoms with Crippen molar-refractivity contribution in [2.45, 2.75) is 33.6 Å². The molecule has 1 rings (SSSR count). The first-order valence-electron chi connectivity index (χ1n) is 5.47. The highest BCUT2D eigenvalue weighted by molar-refractivity contribution is 7.14. The molecule has 0 fully saturated rings. The average molecular weight is 242 g/mol. The van der Waals surface area contributed by atoms with Crippen LogP contribution in [0.1, 0.15) is 41.2 Å². The standard InChI is InChI=1S/C12H18O3S/c1-8(2)5-4-6-15-10-7-9(3)16-11(10)12(13)14/h7-8H,4-6H2,1-3H3,(H,13,14). The zero-order valence-electron chi connectivity index (χ0n) is 9.95. The van der Waals surface area contributed by atoms with E-state index in [0.717, 1.165) is 17.7 Å². The van der Waals surface area contributed by atoms with E-state index in [-0.39, 0.29) is 0 Å². The summed E-state index contributed by atoms with van der Waals surface area (Å²) in [5.41, 5.74) is 0. The highest BCUT2D eigenvalue weighted by Gasteiger charge is 2.14. The number of aryl methyl sites for hydroxylation is 1. The van der Waals surface area contributed by atoms with Crippen molar-refractivity contribution in [3.05, 3.63) is 15.8 Å². The van der Waals surface area contributed by atoms with E-state index in [0.29, 0.717) is 23.2 Å². The second kappa shape index (κ2) is 5.89. The van der Waals surface area contributed by atoms with Crippen molar-refractivity contribution < 1.29 is 14.6 Å². The maximum absolute atomic E-state index is 10.9. The predicted molar refractivity (Wildman–Crippen MR) is 65.6 cm³/mol. The Labute approximate surface area is 100 Å². The third-order valence-electron chi connectivity index (χ3n) is 2.20. The minimum Gasteiger partial charge on any atom is -0.492 e. The molecule has 0 bridgehead atoms. The summed E-state index contributed by atoms with van der Waals surface area (Å²) in [4.78, 5) is 12.2. The molecule has 4 heteroatoms. The van der Waals surface area contributed by atoms with Gasteiger partial charge in [0, 0.05) is 4.88 Å². The summed E-state index contributed by atoms with van der Waals surface area (Å²) in [5, 5.41) is 8.95. The highest BCUT2D eigenvalue weighted by atomic mass is 32.1. The van der Waals surface area contributed by atoms with E-state index in [4.69, 9.17) is 9.84 Å². The van der Waals surface area contributed by atoms with Gasteiger partial charge in [0.15, 0.2) is 4.88 Å². The average Bonchev–Trinajstić information content (AvgIpc) is 2.54. The van der Waals surface area contributed by atoms with Gasteiger partial charge in [-0.2, -0.15) is 0 Å². The third kappa shape index (κ3) is 3.85. The van der Waals surface area contributed by atoms with Crippen LogP contribution in [0.25, 0.3) is 0 Å². The smallest absolute Gasteiger partial charge is 0.349 e. The minimum atomic E-state index is -0.906. The fourth-order valence-electron chi connectivity index (χ4n) is 1.42. The molecule has 0 unspecified atom stereocenters. The number of hydrogen-bond donors (Lipinski definition) is 1. The Bertz CT molecular complexity index is 355. The molecule has 0 aliphatic rings. The molecule has 90 valence electrons. The number of thiophene rings is 1. The molecule has 1 N–H and O–H groups in total. The quantitative estimate of drug-likeness (QED) is 0.776.